The predicted molar refractivity (Wildman–Crippen MR) is 167 cm³/mol. The van der Waals surface area contributed by atoms with Crippen molar-refractivity contribution in [3.8, 4) is 6.07 Å². The molecule has 244 valence electrons. The molecule has 3 fully saturated rings. The molecule has 0 bridgehead atoms. The molecule has 4 aromatic heterocycles. The number of nitrogen functional groups attached to an aromatic ring is 1. The fourth-order valence-electron chi connectivity index (χ4n) is 5.89. The van der Waals surface area contributed by atoms with Gasteiger partial charge in [-0.25, -0.2) is 24.9 Å². The number of hydrogen-bond donors (Lipinski definition) is 3. The molecule has 4 aromatic rings. The normalized spacial score (nSPS) is 33.7. The van der Waals surface area contributed by atoms with Crippen molar-refractivity contribution in [1.82, 2.24) is 39.0 Å². The van der Waals surface area contributed by atoms with Crippen molar-refractivity contribution in [1.29, 1.82) is 5.26 Å². The van der Waals surface area contributed by atoms with Gasteiger partial charge in [-0.15, -0.1) is 0 Å². The second-order valence-corrected chi connectivity index (χ2v) is 16.7. The number of imidazole rings is 2. The minimum atomic E-state index is -3.75. The van der Waals surface area contributed by atoms with Gasteiger partial charge in [0.1, 0.15) is 24.2 Å². The lowest BCUT2D eigenvalue weighted by atomic mass is 9.70. The summed E-state index contributed by atoms with van der Waals surface area (Å²) < 4.78 is 40.0. The van der Waals surface area contributed by atoms with Crippen LogP contribution in [-0.2, 0) is 51.0 Å². The number of aromatic nitrogens is 8. The fourth-order valence-corrected chi connectivity index (χ4v) is 9.21. The molecule has 3 aliphatic rings. The van der Waals surface area contributed by atoms with E-state index in [9.17, 15) is 9.69 Å². The van der Waals surface area contributed by atoms with Gasteiger partial charge in [-0.2, -0.15) is 5.26 Å². The van der Waals surface area contributed by atoms with Crippen LogP contribution in [0.3, 0.4) is 0 Å². The van der Waals surface area contributed by atoms with Crippen molar-refractivity contribution in [2.24, 2.45) is 11.8 Å². The highest BCUT2D eigenvalue weighted by atomic mass is 32.5. The van der Waals surface area contributed by atoms with Gasteiger partial charge in [0.2, 0.25) is 0 Å². The lowest BCUT2D eigenvalue weighted by Gasteiger charge is -2.45. The van der Waals surface area contributed by atoms with Gasteiger partial charge >= 0.3 is 13.4 Å². The van der Waals surface area contributed by atoms with E-state index in [0.29, 0.717) is 23.2 Å². The summed E-state index contributed by atoms with van der Waals surface area (Å²) in [5.41, 5.74) is 7.10. The molecule has 6 heterocycles. The Balaban J connectivity index is 1.16. The Morgan fingerprint density at radius 1 is 1.04 bits per heavy atom. The molecule has 8 atom stereocenters. The van der Waals surface area contributed by atoms with Crippen molar-refractivity contribution >= 4 is 65.2 Å². The predicted octanol–water partition coefficient (Wildman–Crippen LogP) is 1.83. The van der Waals surface area contributed by atoms with Crippen molar-refractivity contribution in [2.45, 2.75) is 43.7 Å². The maximum atomic E-state index is 12.2. The Kier molecular flexibility index (Phi) is 8.76. The van der Waals surface area contributed by atoms with Gasteiger partial charge < -0.3 is 47.5 Å². The monoisotopic (exact) mass is 710 g/mol. The van der Waals surface area contributed by atoms with Gasteiger partial charge in [-0.3, -0.25) is 9.36 Å². The summed E-state index contributed by atoms with van der Waals surface area (Å²) in [6, 6.07) is 1.90. The largest absolute Gasteiger partial charge is 0.382 e. The van der Waals surface area contributed by atoms with Crippen molar-refractivity contribution < 1.29 is 32.2 Å². The van der Waals surface area contributed by atoms with Gasteiger partial charge in [0.25, 0.3) is 5.56 Å². The Bertz CT molecular complexity index is 1970. The number of hydrogen-bond acceptors (Lipinski definition) is 16. The molecule has 7 rings (SSSR count). The molecule has 0 spiro atoms. The number of nitrogens with two attached hydrogens (primary N) is 1. The van der Waals surface area contributed by atoms with Gasteiger partial charge in [0, 0.05) is 18.4 Å². The first-order valence-corrected chi connectivity index (χ1v) is 19.3. The number of H-pyrrole nitrogens is 1. The maximum Gasteiger partial charge on any atom is 0.327 e. The zero-order valence-corrected chi connectivity index (χ0v) is 27.3. The number of nitrogens with one attached hydrogen (secondary N) is 1. The smallest absolute Gasteiger partial charge is 0.327 e. The number of nitriles is 1. The first-order chi connectivity index (χ1) is 22.1. The first kappa shape index (κ1) is 31.8. The number of nitrogens with zero attached hydrogens (tertiary/aromatic N) is 8. The van der Waals surface area contributed by atoms with Crippen LogP contribution in [0.2, 0.25) is 0 Å². The van der Waals surface area contributed by atoms with Gasteiger partial charge in [0.05, 0.1) is 64.0 Å². The van der Waals surface area contributed by atoms with E-state index in [0.717, 1.165) is 0 Å². The second-order valence-electron chi connectivity index (χ2n) is 10.9. The summed E-state index contributed by atoms with van der Waals surface area (Å²) in [7, 11) is 0. The van der Waals surface area contributed by atoms with Crippen LogP contribution in [0.4, 0.5) is 5.82 Å². The van der Waals surface area contributed by atoms with Crippen LogP contribution in [0.25, 0.3) is 22.3 Å². The van der Waals surface area contributed by atoms with Crippen LogP contribution in [-0.4, -0.2) is 82.6 Å². The number of rotatable bonds is 5. The molecule has 2 aliphatic heterocycles. The number of fused-ring (bicyclic) bond motifs is 4. The van der Waals surface area contributed by atoms with E-state index in [-0.39, 0.29) is 68.5 Å². The van der Waals surface area contributed by atoms with E-state index < -0.39 is 37.4 Å². The molecule has 1 aliphatic carbocycles. The Hall–Kier alpha value is -2.79. The molecule has 2 saturated heterocycles. The summed E-state index contributed by atoms with van der Waals surface area (Å²) in [5, 5.41) is 9.13. The Labute approximate surface area is 270 Å². The molecule has 22 heteroatoms. The molecule has 0 amide bonds. The molecular weight excluding hydrogens is 682 g/mol. The third-order valence-corrected chi connectivity index (χ3v) is 12.2. The summed E-state index contributed by atoms with van der Waals surface area (Å²) in [5.74, 6) is -0.0464. The third kappa shape index (κ3) is 6.14. The molecule has 1 saturated carbocycles. The van der Waals surface area contributed by atoms with Crippen molar-refractivity contribution in [3.63, 3.8) is 0 Å². The highest BCUT2D eigenvalue weighted by Gasteiger charge is 2.47. The van der Waals surface area contributed by atoms with Gasteiger partial charge in [-0.1, -0.05) is 0 Å². The molecule has 4 N–H and O–H groups in total. The zero-order chi connectivity index (χ0) is 32.1. The number of anilines is 1. The molecule has 0 aromatic carbocycles. The topological polar surface area (TPSA) is 233 Å². The van der Waals surface area contributed by atoms with Crippen molar-refractivity contribution in [3.05, 3.63) is 35.7 Å². The average Bonchev–Trinajstić information content (AvgIpc) is 3.74. The van der Waals surface area contributed by atoms with Gasteiger partial charge in [0.15, 0.2) is 22.6 Å². The van der Waals surface area contributed by atoms with Crippen LogP contribution in [0.5, 0.6) is 0 Å². The van der Waals surface area contributed by atoms with E-state index >= 15 is 0 Å². The van der Waals surface area contributed by atoms with Crippen molar-refractivity contribution in [2.75, 3.05) is 32.2 Å². The minimum absolute atomic E-state index is 0.00420. The maximum absolute atomic E-state index is 12.2. The van der Waals surface area contributed by atoms with E-state index in [1.807, 2.05) is 10.6 Å². The van der Waals surface area contributed by atoms with E-state index in [1.54, 1.807) is 10.9 Å². The van der Waals surface area contributed by atoms with Crippen LogP contribution in [0, 0.1) is 23.2 Å². The van der Waals surface area contributed by atoms with Crippen LogP contribution >= 0.6 is 13.4 Å². The standard InChI is InChI=1S/C24H28N10O8P2S2/c25-2-1-3-37-44(46)40-6-13-4-15(33-11-31-19-21(26)27-9-28-22(19)33)14(13)7-38-43(36,45)39-8-17-16(42-44)5-18(41-17)34-12-32-20-23(34)29-10-30-24(20)35/h9-18H,1,3-8H2,(H,36,45)(H2,26,27,28)(H,29,30,35)/t13-,14-,15-,16+,17-,18-,43?,44?/m1/s1. The summed E-state index contributed by atoms with van der Waals surface area (Å²) >= 11 is 11.2. The summed E-state index contributed by atoms with van der Waals surface area (Å²) in [4.78, 5) is 46.9. The van der Waals surface area contributed by atoms with E-state index in [4.69, 9.17) is 62.0 Å². The van der Waals surface area contributed by atoms with Crippen LogP contribution < -0.4 is 11.3 Å². The first-order valence-electron chi connectivity index (χ1n) is 14.2. The highest BCUT2D eigenvalue weighted by molar-refractivity contribution is 8.07. The molecule has 2 unspecified atom stereocenters. The SMILES string of the molecule is N#CCCOP1(=S)OC[C@H]2C[C@@H](n3cnc4c(N)ncnc43)[C@@H]2COP(O)(=S)OC[C@H]2O[C@@H](n3cnc4c(=O)[nH]cnc43)C[C@@H]2O1. The Morgan fingerprint density at radius 2 is 1.83 bits per heavy atom. The average molecular weight is 711 g/mol. The molecule has 0 radical (unpaired) electrons. The molecular formula is C24H28N10O8P2S2. The summed E-state index contributed by atoms with van der Waals surface area (Å²) in [6.07, 6.45) is 4.43. The fraction of sp³-hybridized carbons (Fsp3) is 0.542. The zero-order valence-electron chi connectivity index (χ0n) is 23.9. The second kappa shape index (κ2) is 12.7. The van der Waals surface area contributed by atoms with Gasteiger partial charge in [-0.05, 0) is 36.0 Å². The van der Waals surface area contributed by atoms with E-state index in [2.05, 4.69) is 29.9 Å². The summed E-state index contributed by atoms with van der Waals surface area (Å²) in [6.45, 7) is -7.20. The molecule has 46 heavy (non-hydrogen) atoms. The lowest BCUT2D eigenvalue weighted by molar-refractivity contribution is -0.0397. The van der Waals surface area contributed by atoms with Crippen LogP contribution in [0.1, 0.15) is 31.5 Å². The third-order valence-electron chi connectivity index (χ3n) is 8.25. The quantitative estimate of drug-likeness (QED) is 0.198. The van der Waals surface area contributed by atoms with E-state index in [1.165, 1.54) is 19.0 Å². The van der Waals surface area contributed by atoms with Crippen LogP contribution in [0.15, 0.2) is 30.1 Å². The number of ether oxygens (including phenoxy) is 1. The lowest BCUT2D eigenvalue weighted by Crippen LogP contribution is -2.43. The number of aromatic amines is 1. The molecule has 18 nitrogen and oxygen atoms in total. The minimum Gasteiger partial charge on any atom is -0.382 e. The highest BCUT2D eigenvalue weighted by Crippen LogP contribution is 2.57. The Morgan fingerprint density at radius 3 is 2.67 bits per heavy atom.